The van der Waals surface area contributed by atoms with Crippen LogP contribution in [0.3, 0.4) is 0 Å². The number of carbonyl (C=O) groups is 4. The number of aryl methyl sites for hydroxylation is 1. The molecule has 0 bridgehead atoms. The number of rotatable bonds is 11. The molecule has 5 amide bonds. The lowest BCUT2D eigenvalue weighted by Gasteiger charge is -2.46. The van der Waals surface area contributed by atoms with Crippen molar-refractivity contribution in [2.24, 2.45) is 11.3 Å². The SMILES string of the molecule is Cc1nc(N[C@H](C)c2cc(N)cc(C(F)(F)F)c2)c2cc(C3CCN(CC(=O)NCCC4CCC5(CC4)CCN(C(=O)c4ccc(Cl)c(N6CCC(=O)NC6=O)c4)CC5)CC3)ccc2n1. The topological polar surface area (TPSA) is 166 Å². The first-order chi connectivity index (χ1) is 31.0. The average molecular weight is 916 g/mol. The van der Waals surface area contributed by atoms with Crippen molar-refractivity contribution in [1.29, 1.82) is 0 Å². The summed E-state index contributed by atoms with van der Waals surface area (Å²) in [5.74, 6) is 1.55. The summed E-state index contributed by atoms with van der Waals surface area (Å²) in [5.41, 5.74) is 8.51. The number of likely N-dealkylation sites (tertiary alicyclic amines) is 2. The zero-order valence-corrected chi connectivity index (χ0v) is 37.7. The summed E-state index contributed by atoms with van der Waals surface area (Å²) in [6.07, 6.45) is 4.73. The van der Waals surface area contributed by atoms with Gasteiger partial charge in [0, 0.05) is 49.2 Å². The highest BCUT2D eigenvalue weighted by atomic mass is 35.5. The number of nitrogen functional groups attached to an aromatic ring is 1. The molecule has 8 rings (SSSR count). The number of amides is 5. The van der Waals surface area contributed by atoms with Crippen molar-refractivity contribution in [3.8, 4) is 0 Å². The Labute approximate surface area is 382 Å². The number of nitrogens with zero attached hydrogens (tertiary/aromatic N) is 5. The smallest absolute Gasteiger partial charge is 0.399 e. The van der Waals surface area contributed by atoms with Crippen LogP contribution in [-0.4, -0.2) is 89.3 Å². The van der Waals surface area contributed by atoms with Crippen molar-refractivity contribution < 1.29 is 32.3 Å². The monoisotopic (exact) mass is 915 g/mol. The van der Waals surface area contributed by atoms with E-state index >= 15 is 0 Å². The first-order valence-electron chi connectivity index (χ1n) is 22.7. The van der Waals surface area contributed by atoms with Gasteiger partial charge < -0.3 is 21.3 Å². The fraction of sp³-hybridized carbons (Fsp3) is 0.500. The van der Waals surface area contributed by atoms with Crippen molar-refractivity contribution in [3.63, 3.8) is 0 Å². The number of anilines is 3. The van der Waals surface area contributed by atoms with Gasteiger partial charge in [-0.25, -0.2) is 14.8 Å². The fourth-order valence-electron chi connectivity index (χ4n) is 10.2. The number of carbonyl (C=O) groups excluding carboxylic acids is 4. The zero-order chi connectivity index (χ0) is 46.0. The molecule has 65 heavy (non-hydrogen) atoms. The number of piperidine rings is 2. The number of hydrogen-bond acceptors (Lipinski definition) is 9. The number of halogens is 4. The number of benzene rings is 3. The van der Waals surface area contributed by atoms with Crippen LogP contribution in [0.2, 0.25) is 5.02 Å². The molecule has 1 saturated carbocycles. The van der Waals surface area contributed by atoms with Crippen molar-refractivity contribution >= 4 is 63.4 Å². The molecule has 3 aromatic carbocycles. The second-order valence-electron chi connectivity index (χ2n) is 18.5. The molecule has 13 nitrogen and oxygen atoms in total. The largest absolute Gasteiger partial charge is 0.416 e. The quantitative estimate of drug-likeness (QED) is 0.108. The van der Waals surface area contributed by atoms with E-state index < -0.39 is 23.8 Å². The molecule has 1 atom stereocenters. The normalized spacial score (nSPS) is 19.4. The standard InChI is InChI=1S/C48H57ClF3N9O4/c1-29(35-23-36(48(50,51)52)27-37(53)24-35)55-44-38-25-33(4-6-40(38)56-30(2)57-44)32-10-18-59(19-11-32)28-43(63)54-17-9-31-7-13-47(14-8-31)15-21-60(22-16-47)45(64)34-3-5-39(49)41(26-34)61-20-12-42(62)58-46(61)65/h3-6,23-27,29,31-32H,7-22,28,53H2,1-2H3,(H,54,63)(H,55,56,57)(H,58,62,65)/t29-/m1/s1. The van der Waals surface area contributed by atoms with Crippen LogP contribution >= 0.6 is 11.6 Å². The van der Waals surface area contributed by atoms with Crippen LogP contribution in [0.5, 0.6) is 0 Å². The van der Waals surface area contributed by atoms with Gasteiger partial charge in [-0.1, -0.05) is 17.7 Å². The molecule has 5 N–H and O–H groups in total. The van der Waals surface area contributed by atoms with Crippen LogP contribution < -0.4 is 26.6 Å². The molecule has 4 heterocycles. The summed E-state index contributed by atoms with van der Waals surface area (Å²) < 4.78 is 40.6. The number of hydrogen-bond donors (Lipinski definition) is 4. The van der Waals surface area contributed by atoms with Gasteiger partial charge in [0.25, 0.3) is 5.91 Å². The number of nitrogens with two attached hydrogens (primary N) is 1. The molecule has 4 fully saturated rings. The van der Waals surface area contributed by atoms with E-state index in [1.54, 1.807) is 38.1 Å². The number of nitrogens with one attached hydrogen (secondary N) is 3. The molecular weight excluding hydrogens is 859 g/mol. The van der Waals surface area contributed by atoms with Gasteiger partial charge in [-0.3, -0.25) is 29.5 Å². The molecular formula is C48H57ClF3N9O4. The van der Waals surface area contributed by atoms with Crippen LogP contribution in [0.15, 0.2) is 54.6 Å². The molecule has 1 aliphatic carbocycles. The number of aromatic nitrogens is 2. The Morgan fingerprint density at radius 1 is 0.938 bits per heavy atom. The van der Waals surface area contributed by atoms with Gasteiger partial charge in [0.2, 0.25) is 11.8 Å². The molecule has 4 aromatic rings. The lowest BCUT2D eigenvalue weighted by molar-refractivity contribution is -0.137. The number of urea groups is 1. The first kappa shape index (κ1) is 46.1. The second kappa shape index (κ2) is 19.2. The fourth-order valence-corrected chi connectivity index (χ4v) is 10.4. The van der Waals surface area contributed by atoms with Gasteiger partial charge >= 0.3 is 12.2 Å². The highest BCUT2D eigenvalue weighted by Crippen LogP contribution is 2.47. The van der Waals surface area contributed by atoms with E-state index in [9.17, 15) is 32.3 Å². The molecule has 3 aliphatic heterocycles. The number of fused-ring (bicyclic) bond motifs is 1. The average Bonchev–Trinajstić information content (AvgIpc) is 3.27. The number of alkyl halides is 3. The highest BCUT2D eigenvalue weighted by Gasteiger charge is 2.39. The van der Waals surface area contributed by atoms with Crippen molar-refractivity contribution in [3.05, 3.63) is 87.7 Å². The third kappa shape index (κ3) is 10.8. The van der Waals surface area contributed by atoms with Crippen LogP contribution in [-0.2, 0) is 15.8 Å². The third-order valence-electron chi connectivity index (χ3n) is 14.1. The van der Waals surface area contributed by atoms with Gasteiger partial charge in [-0.2, -0.15) is 13.2 Å². The maximum Gasteiger partial charge on any atom is 0.416 e. The Hall–Kier alpha value is -5.48. The molecule has 1 aromatic heterocycles. The number of imide groups is 1. The van der Waals surface area contributed by atoms with E-state index in [0.717, 1.165) is 99.5 Å². The Morgan fingerprint density at radius 3 is 2.38 bits per heavy atom. The van der Waals surface area contributed by atoms with Crippen molar-refractivity contribution in [2.75, 3.05) is 61.8 Å². The predicted molar refractivity (Wildman–Crippen MR) is 245 cm³/mol. The van der Waals surface area contributed by atoms with E-state index in [-0.39, 0.29) is 47.7 Å². The Bertz CT molecular complexity index is 2440. The van der Waals surface area contributed by atoms with Crippen LogP contribution in [0.25, 0.3) is 10.9 Å². The minimum atomic E-state index is -4.51. The predicted octanol–water partition coefficient (Wildman–Crippen LogP) is 8.61. The molecule has 17 heteroatoms. The van der Waals surface area contributed by atoms with Gasteiger partial charge in [-0.05, 0) is 162 Å². The summed E-state index contributed by atoms with van der Waals surface area (Å²) in [6.45, 7) is 7.71. The minimum absolute atomic E-state index is 0.0421. The summed E-state index contributed by atoms with van der Waals surface area (Å²) >= 11 is 6.41. The first-order valence-corrected chi connectivity index (χ1v) is 23.1. The highest BCUT2D eigenvalue weighted by molar-refractivity contribution is 6.34. The lowest BCUT2D eigenvalue weighted by Crippen LogP contribution is -2.49. The van der Waals surface area contributed by atoms with E-state index in [4.69, 9.17) is 17.3 Å². The van der Waals surface area contributed by atoms with Gasteiger partial charge in [-0.15, -0.1) is 0 Å². The van der Waals surface area contributed by atoms with Crippen LogP contribution in [0.1, 0.15) is 116 Å². The molecule has 1 spiro atoms. The van der Waals surface area contributed by atoms with Crippen molar-refractivity contribution in [2.45, 2.75) is 96.2 Å². The lowest BCUT2D eigenvalue weighted by atomic mass is 9.65. The summed E-state index contributed by atoms with van der Waals surface area (Å²) in [4.78, 5) is 65.5. The molecule has 0 radical (unpaired) electrons. The van der Waals surface area contributed by atoms with Gasteiger partial charge in [0.1, 0.15) is 11.6 Å². The van der Waals surface area contributed by atoms with Crippen LogP contribution in [0.4, 0.5) is 35.2 Å². The minimum Gasteiger partial charge on any atom is -0.399 e. The van der Waals surface area contributed by atoms with E-state index in [1.165, 1.54) is 4.90 Å². The third-order valence-corrected chi connectivity index (χ3v) is 14.4. The van der Waals surface area contributed by atoms with E-state index in [1.807, 2.05) is 11.0 Å². The zero-order valence-electron chi connectivity index (χ0n) is 36.9. The Kier molecular flexibility index (Phi) is 13.6. The maximum absolute atomic E-state index is 13.6. The maximum atomic E-state index is 13.6. The summed E-state index contributed by atoms with van der Waals surface area (Å²) in [5, 5.41) is 9.94. The molecule has 4 aliphatic rings. The summed E-state index contributed by atoms with van der Waals surface area (Å²) in [7, 11) is 0. The van der Waals surface area contributed by atoms with E-state index in [2.05, 4.69) is 43.0 Å². The molecule has 3 saturated heterocycles. The van der Waals surface area contributed by atoms with Crippen molar-refractivity contribution in [1.82, 2.24) is 30.4 Å². The molecule has 346 valence electrons. The van der Waals surface area contributed by atoms with Gasteiger partial charge in [0.05, 0.1) is 34.4 Å². The summed E-state index contributed by atoms with van der Waals surface area (Å²) in [6, 6.07) is 13.7. The van der Waals surface area contributed by atoms with Crippen LogP contribution in [0, 0.1) is 18.3 Å². The van der Waals surface area contributed by atoms with E-state index in [0.29, 0.717) is 65.6 Å². The Morgan fingerprint density at radius 2 is 1.68 bits per heavy atom. The second-order valence-corrected chi connectivity index (χ2v) is 18.9. The Balaban J connectivity index is 0.760. The van der Waals surface area contributed by atoms with Gasteiger partial charge in [0.15, 0.2) is 0 Å². The molecule has 0 unspecified atom stereocenters.